The van der Waals surface area contributed by atoms with Gasteiger partial charge in [0.2, 0.25) is 0 Å². The van der Waals surface area contributed by atoms with Crippen molar-refractivity contribution in [3.8, 4) is 0 Å². The molecule has 2 heterocycles. The van der Waals surface area contributed by atoms with Crippen LogP contribution >= 0.6 is 0 Å². The summed E-state index contributed by atoms with van der Waals surface area (Å²) in [7, 11) is 1.71. The SMILES string of the molecule is Cc1cc(C(=O)N2CC(C(=O)O)c3ccccc32)n(C)n1. The molecule has 0 fully saturated rings. The number of hydrogen-bond acceptors (Lipinski definition) is 3. The zero-order valence-corrected chi connectivity index (χ0v) is 11.8. The average molecular weight is 285 g/mol. The molecule has 1 N–H and O–H groups in total. The lowest BCUT2D eigenvalue weighted by Gasteiger charge is -2.17. The number of aromatic nitrogens is 2. The average Bonchev–Trinajstić information content (AvgIpc) is 2.98. The third kappa shape index (κ3) is 2.08. The summed E-state index contributed by atoms with van der Waals surface area (Å²) in [6, 6.07) is 8.84. The predicted molar refractivity (Wildman–Crippen MR) is 76.4 cm³/mol. The Morgan fingerprint density at radius 1 is 1.33 bits per heavy atom. The number of rotatable bonds is 2. The van der Waals surface area contributed by atoms with Crippen molar-refractivity contribution >= 4 is 17.6 Å². The van der Waals surface area contributed by atoms with Crippen molar-refractivity contribution in [2.45, 2.75) is 12.8 Å². The van der Waals surface area contributed by atoms with Gasteiger partial charge in [-0.3, -0.25) is 14.3 Å². The Bertz CT molecular complexity index is 736. The van der Waals surface area contributed by atoms with Gasteiger partial charge in [0.25, 0.3) is 5.91 Å². The van der Waals surface area contributed by atoms with Gasteiger partial charge in [0.15, 0.2) is 0 Å². The molecule has 1 amide bonds. The lowest BCUT2D eigenvalue weighted by Crippen LogP contribution is -2.32. The van der Waals surface area contributed by atoms with Gasteiger partial charge in [0.1, 0.15) is 11.6 Å². The highest BCUT2D eigenvalue weighted by molar-refractivity contribution is 6.07. The van der Waals surface area contributed by atoms with E-state index in [9.17, 15) is 14.7 Å². The van der Waals surface area contributed by atoms with Crippen LogP contribution in [0, 0.1) is 6.92 Å². The molecule has 1 aromatic carbocycles. The highest BCUT2D eigenvalue weighted by Crippen LogP contribution is 2.37. The molecule has 0 bridgehead atoms. The fraction of sp³-hybridized carbons (Fsp3) is 0.267. The molecule has 1 unspecified atom stereocenters. The van der Waals surface area contributed by atoms with Crippen LogP contribution in [-0.4, -0.2) is 33.3 Å². The van der Waals surface area contributed by atoms with E-state index in [4.69, 9.17) is 0 Å². The van der Waals surface area contributed by atoms with Crippen molar-refractivity contribution in [3.63, 3.8) is 0 Å². The highest BCUT2D eigenvalue weighted by atomic mass is 16.4. The molecular weight excluding hydrogens is 270 g/mol. The molecule has 0 saturated carbocycles. The van der Waals surface area contributed by atoms with E-state index in [0.29, 0.717) is 16.9 Å². The van der Waals surface area contributed by atoms with Crippen LogP contribution in [0.1, 0.15) is 27.7 Å². The maximum atomic E-state index is 12.7. The number of nitrogens with zero attached hydrogens (tertiary/aromatic N) is 3. The summed E-state index contributed by atoms with van der Waals surface area (Å²) < 4.78 is 1.52. The van der Waals surface area contributed by atoms with Crippen LogP contribution in [0.4, 0.5) is 5.69 Å². The first-order valence-corrected chi connectivity index (χ1v) is 6.63. The lowest BCUT2D eigenvalue weighted by molar-refractivity contribution is -0.138. The smallest absolute Gasteiger partial charge is 0.312 e. The zero-order valence-electron chi connectivity index (χ0n) is 11.8. The molecule has 21 heavy (non-hydrogen) atoms. The Balaban J connectivity index is 2.02. The largest absolute Gasteiger partial charge is 0.481 e. The van der Waals surface area contributed by atoms with Crippen molar-refractivity contribution in [2.24, 2.45) is 7.05 Å². The molecule has 1 aliphatic rings. The second-order valence-corrected chi connectivity index (χ2v) is 5.16. The normalized spacial score (nSPS) is 16.9. The molecule has 1 aliphatic heterocycles. The third-order valence-electron chi connectivity index (χ3n) is 3.73. The summed E-state index contributed by atoms with van der Waals surface area (Å²) in [5.74, 6) is -1.83. The Kier molecular flexibility index (Phi) is 3.01. The van der Waals surface area contributed by atoms with Gasteiger partial charge >= 0.3 is 5.97 Å². The second-order valence-electron chi connectivity index (χ2n) is 5.16. The number of anilines is 1. The molecular formula is C15H15N3O3. The molecule has 0 radical (unpaired) electrons. The summed E-state index contributed by atoms with van der Waals surface area (Å²) in [4.78, 5) is 25.6. The molecule has 3 rings (SSSR count). The van der Waals surface area contributed by atoms with Gasteiger partial charge in [0.05, 0.1) is 5.69 Å². The van der Waals surface area contributed by atoms with Gasteiger partial charge in [-0.05, 0) is 24.6 Å². The topological polar surface area (TPSA) is 75.4 Å². The summed E-state index contributed by atoms with van der Waals surface area (Å²) in [6.45, 7) is 1.96. The van der Waals surface area contributed by atoms with E-state index >= 15 is 0 Å². The van der Waals surface area contributed by atoms with Crippen molar-refractivity contribution < 1.29 is 14.7 Å². The van der Waals surface area contributed by atoms with E-state index in [0.717, 1.165) is 5.69 Å². The highest BCUT2D eigenvalue weighted by Gasteiger charge is 2.37. The standard InChI is InChI=1S/C15H15N3O3/c1-9-7-13(17(2)16-9)14(19)18-8-11(15(20)21)10-5-3-4-6-12(10)18/h3-7,11H,8H2,1-2H3,(H,20,21). The molecule has 6 nitrogen and oxygen atoms in total. The van der Waals surface area contributed by atoms with Crippen molar-refractivity contribution in [2.75, 3.05) is 11.4 Å². The van der Waals surface area contributed by atoms with Crippen LogP contribution in [0.3, 0.4) is 0 Å². The molecule has 1 aromatic heterocycles. The number of hydrogen-bond donors (Lipinski definition) is 1. The number of carbonyl (C=O) groups is 2. The second kappa shape index (κ2) is 4.73. The van der Waals surface area contributed by atoms with E-state index in [2.05, 4.69) is 5.10 Å². The van der Waals surface area contributed by atoms with E-state index in [-0.39, 0.29) is 12.5 Å². The number of aryl methyl sites for hydroxylation is 2. The van der Waals surface area contributed by atoms with E-state index in [1.807, 2.05) is 6.92 Å². The first kappa shape index (κ1) is 13.4. The molecule has 0 aliphatic carbocycles. The Morgan fingerprint density at radius 3 is 2.67 bits per heavy atom. The predicted octanol–water partition coefficient (Wildman–Crippen LogP) is 1.56. The van der Waals surface area contributed by atoms with Gasteiger partial charge in [-0.1, -0.05) is 18.2 Å². The molecule has 6 heteroatoms. The number of carbonyl (C=O) groups excluding carboxylic acids is 1. The third-order valence-corrected chi connectivity index (χ3v) is 3.73. The summed E-state index contributed by atoms with van der Waals surface area (Å²) in [5.41, 5.74) is 2.54. The minimum atomic E-state index is -0.918. The first-order chi connectivity index (χ1) is 9.99. The van der Waals surface area contributed by atoms with Gasteiger partial charge in [0, 0.05) is 19.3 Å². The lowest BCUT2D eigenvalue weighted by atomic mass is 10.0. The minimum Gasteiger partial charge on any atom is -0.481 e. The van der Waals surface area contributed by atoms with E-state index < -0.39 is 11.9 Å². The number of fused-ring (bicyclic) bond motifs is 1. The zero-order chi connectivity index (χ0) is 15.1. The van der Waals surface area contributed by atoms with Crippen LogP contribution < -0.4 is 4.90 Å². The number of carboxylic acid groups (broad SMARTS) is 1. The number of carboxylic acids is 1. The van der Waals surface area contributed by atoms with Crippen molar-refractivity contribution in [1.29, 1.82) is 0 Å². The summed E-state index contributed by atoms with van der Waals surface area (Å²) >= 11 is 0. The van der Waals surface area contributed by atoms with Gasteiger partial charge in [-0.25, -0.2) is 0 Å². The molecule has 0 saturated heterocycles. The number of amides is 1. The van der Waals surface area contributed by atoms with Gasteiger partial charge in [-0.15, -0.1) is 0 Å². The van der Waals surface area contributed by atoms with Gasteiger partial charge in [-0.2, -0.15) is 5.10 Å². The fourth-order valence-corrected chi connectivity index (χ4v) is 2.76. The fourth-order valence-electron chi connectivity index (χ4n) is 2.76. The minimum absolute atomic E-state index is 0.151. The Labute approximate surface area is 121 Å². The quantitative estimate of drug-likeness (QED) is 0.908. The van der Waals surface area contributed by atoms with Crippen LogP contribution in [0.15, 0.2) is 30.3 Å². The molecule has 2 aromatic rings. The van der Waals surface area contributed by atoms with Gasteiger partial charge < -0.3 is 10.0 Å². The van der Waals surface area contributed by atoms with E-state index in [1.54, 1.807) is 37.4 Å². The Morgan fingerprint density at radius 2 is 2.05 bits per heavy atom. The van der Waals surface area contributed by atoms with Crippen molar-refractivity contribution in [3.05, 3.63) is 47.3 Å². The monoisotopic (exact) mass is 285 g/mol. The first-order valence-electron chi connectivity index (χ1n) is 6.63. The number of para-hydroxylation sites is 1. The molecule has 1 atom stereocenters. The van der Waals surface area contributed by atoms with E-state index in [1.165, 1.54) is 9.58 Å². The van der Waals surface area contributed by atoms with Crippen LogP contribution in [0.5, 0.6) is 0 Å². The maximum absolute atomic E-state index is 12.7. The summed E-state index contributed by atoms with van der Waals surface area (Å²) in [6.07, 6.45) is 0. The number of benzene rings is 1. The molecule has 0 spiro atoms. The van der Waals surface area contributed by atoms with Crippen molar-refractivity contribution in [1.82, 2.24) is 9.78 Å². The van der Waals surface area contributed by atoms with Crippen LogP contribution in [-0.2, 0) is 11.8 Å². The molecule has 108 valence electrons. The van der Waals surface area contributed by atoms with Crippen LogP contribution in [0.2, 0.25) is 0 Å². The summed E-state index contributed by atoms with van der Waals surface area (Å²) in [5, 5.41) is 13.5. The number of aliphatic carboxylic acids is 1. The maximum Gasteiger partial charge on any atom is 0.312 e. The van der Waals surface area contributed by atoms with Crippen LogP contribution in [0.25, 0.3) is 0 Å². The Hall–Kier alpha value is -2.63.